The van der Waals surface area contributed by atoms with Crippen LogP contribution in [-0.2, 0) is 9.53 Å². The molecule has 1 unspecified atom stereocenters. The molecule has 1 atom stereocenters. The number of ether oxygens (including phenoxy) is 1. The number of aliphatic hydroxyl groups is 1. The van der Waals surface area contributed by atoms with Crippen molar-refractivity contribution in [2.75, 3.05) is 23.9 Å². The van der Waals surface area contributed by atoms with Crippen molar-refractivity contribution in [1.29, 1.82) is 0 Å². The number of esters is 1. The lowest BCUT2D eigenvalue weighted by Crippen LogP contribution is -2.29. The number of thiol groups is 1. The predicted octanol–water partition coefficient (Wildman–Crippen LogP) is 1.99. The first-order chi connectivity index (χ1) is 7.44. The SMILES string of the molecule is CCC(C)(C)C(=O)OCC(O)CSCCS. The second-order valence-corrected chi connectivity index (χ2v) is 5.89. The summed E-state index contributed by atoms with van der Waals surface area (Å²) >= 11 is 5.68. The zero-order chi connectivity index (χ0) is 12.6. The van der Waals surface area contributed by atoms with Gasteiger partial charge in [0, 0.05) is 11.5 Å². The second kappa shape index (κ2) is 8.25. The minimum absolute atomic E-state index is 0.0852. The highest BCUT2D eigenvalue weighted by Crippen LogP contribution is 2.21. The lowest BCUT2D eigenvalue weighted by atomic mass is 9.91. The average molecular weight is 266 g/mol. The number of hydrogen-bond acceptors (Lipinski definition) is 5. The van der Waals surface area contributed by atoms with Crippen LogP contribution in [0.15, 0.2) is 0 Å². The molecule has 0 bridgehead atoms. The van der Waals surface area contributed by atoms with Gasteiger partial charge in [0.1, 0.15) is 6.61 Å². The maximum absolute atomic E-state index is 11.6. The van der Waals surface area contributed by atoms with Crippen molar-refractivity contribution in [2.24, 2.45) is 5.41 Å². The highest BCUT2D eigenvalue weighted by molar-refractivity contribution is 8.00. The van der Waals surface area contributed by atoms with Crippen molar-refractivity contribution in [1.82, 2.24) is 0 Å². The minimum atomic E-state index is -0.582. The van der Waals surface area contributed by atoms with E-state index in [1.807, 2.05) is 20.8 Å². The fraction of sp³-hybridized carbons (Fsp3) is 0.909. The van der Waals surface area contributed by atoms with Crippen LogP contribution in [0.4, 0.5) is 0 Å². The molecule has 0 aliphatic carbocycles. The van der Waals surface area contributed by atoms with E-state index < -0.39 is 11.5 Å². The van der Waals surface area contributed by atoms with Gasteiger partial charge in [-0.3, -0.25) is 4.79 Å². The minimum Gasteiger partial charge on any atom is -0.462 e. The van der Waals surface area contributed by atoms with E-state index >= 15 is 0 Å². The molecule has 0 aromatic rings. The first-order valence-corrected chi connectivity index (χ1v) is 7.26. The molecule has 96 valence electrons. The lowest BCUT2D eigenvalue weighted by molar-refractivity contribution is -0.156. The van der Waals surface area contributed by atoms with E-state index in [2.05, 4.69) is 12.6 Å². The van der Waals surface area contributed by atoms with Gasteiger partial charge in [-0.2, -0.15) is 24.4 Å². The number of rotatable bonds is 8. The summed E-state index contributed by atoms with van der Waals surface area (Å²) < 4.78 is 5.07. The largest absolute Gasteiger partial charge is 0.462 e. The van der Waals surface area contributed by atoms with Crippen LogP contribution in [0.25, 0.3) is 0 Å². The van der Waals surface area contributed by atoms with Crippen molar-refractivity contribution in [3.05, 3.63) is 0 Å². The number of hydrogen-bond donors (Lipinski definition) is 2. The van der Waals surface area contributed by atoms with Gasteiger partial charge in [-0.1, -0.05) is 6.92 Å². The van der Waals surface area contributed by atoms with E-state index in [4.69, 9.17) is 4.74 Å². The fourth-order valence-corrected chi connectivity index (χ4v) is 1.89. The third kappa shape index (κ3) is 6.66. The molecule has 1 N–H and O–H groups in total. The molecule has 0 fully saturated rings. The van der Waals surface area contributed by atoms with Crippen LogP contribution < -0.4 is 0 Å². The molecule has 0 aromatic carbocycles. The molecule has 0 aromatic heterocycles. The maximum Gasteiger partial charge on any atom is 0.311 e. The van der Waals surface area contributed by atoms with Crippen LogP contribution in [-0.4, -0.2) is 41.0 Å². The van der Waals surface area contributed by atoms with E-state index in [-0.39, 0.29) is 12.6 Å². The average Bonchev–Trinajstić information content (AvgIpc) is 2.26. The lowest BCUT2D eigenvalue weighted by Gasteiger charge is -2.21. The summed E-state index contributed by atoms with van der Waals surface area (Å²) in [5, 5.41) is 9.54. The molecule has 0 heterocycles. The first kappa shape index (κ1) is 16.1. The normalized spacial score (nSPS) is 13.6. The van der Waals surface area contributed by atoms with Gasteiger partial charge < -0.3 is 9.84 Å². The van der Waals surface area contributed by atoms with Crippen LogP contribution in [0, 0.1) is 5.41 Å². The second-order valence-electron chi connectivity index (χ2n) is 4.29. The number of carbonyl (C=O) groups is 1. The van der Waals surface area contributed by atoms with E-state index in [1.54, 1.807) is 11.8 Å². The van der Waals surface area contributed by atoms with Gasteiger partial charge in [-0.25, -0.2) is 0 Å². The molecule has 0 aliphatic rings. The van der Waals surface area contributed by atoms with E-state index in [9.17, 15) is 9.90 Å². The van der Waals surface area contributed by atoms with E-state index in [0.717, 1.165) is 17.9 Å². The Morgan fingerprint density at radius 3 is 2.69 bits per heavy atom. The number of carbonyl (C=O) groups excluding carboxylic acids is 1. The molecule has 0 radical (unpaired) electrons. The molecule has 0 spiro atoms. The fourth-order valence-electron chi connectivity index (χ4n) is 0.844. The predicted molar refractivity (Wildman–Crippen MR) is 72.2 cm³/mol. The zero-order valence-corrected chi connectivity index (χ0v) is 11.9. The highest BCUT2D eigenvalue weighted by Gasteiger charge is 2.27. The van der Waals surface area contributed by atoms with Crippen molar-refractivity contribution in [2.45, 2.75) is 33.3 Å². The van der Waals surface area contributed by atoms with E-state index in [1.165, 1.54) is 0 Å². The molecule has 16 heavy (non-hydrogen) atoms. The quantitative estimate of drug-likeness (QED) is 0.401. The Balaban J connectivity index is 3.75. The van der Waals surface area contributed by atoms with Crippen molar-refractivity contribution in [3.63, 3.8) is 0 Å². The van der Waals surface area contributed by atoms with Crippen molar-refractivity contribution >= 4 is 30.4 Å². The molecular weight excluding hydrogens is 244 g/mol. The molecule has 0 saturated carbocycles. The number of thioether (sulfide) groups is 1. The van der Waals surface area contributed by atoms with Gasteiger partial charge in [0.15, 0.2) is 0 Å². The van der Waals surface area contributed by atoms with E-state index in [0.29, 0.717) is 5.75 Å². The van der Waals surface area contributed by atoms with Crippen LogP contribution in [0.3, 0.4) is 0 Å². The van der Waals surface area contributed by atoms with Crippen LogP contribution in [0.5, 0.6) is 0 Å². The maximum atomic E-state index is 11.6. The smallest absolute Gasteiger partial charge is 0.311 e. The topological polar surface area (TPSA) is 46.5 Å². The molecule has 0 rings (SSSR count). The summed E-state index contributed by atoms with van der Waals surface area (Å²) in [5.74, 6) is 2.03. The van der Waals surface area contributed by atoms with Crippen LogP contribution in [0.2, 0.25) is 0 Å². The van der Waals surface area contributed by atoms with Crippen LogP contribution >= 0.6 is 24.4 Å². The van der Waals surface area contributed by atoms with Gasteiger partial charge in [0.05, 0.1) is 11.5 Å². The molecule has 0 saturated heterocycles. The Morgan fingerprint density at radius 1 is 1.56 bits per heavy atom. The van der Waals surface area contributed by atoms with Crippen molar-refractivity contribution in [3.8, 4) is 0 Å². The van der Waals surface area contributed by atoms with Crippen molar-refractivity contribution < 1.29 is 14.6 Å². The molecule has 0 aliphatic heterocycles. The zero-order valence-electron chi connectivity index (χ0n) is 10.2. The highest BCUT2D eigenvalue weighted by atomic mass is 32.2. The summed E-state index contributed by atoms with van der Waals surface area (Å²) in [6.07, 6.45) is 0.151. The third-order valence-electron chi connectivity index (χ3n) is 2.39. The van der Waals surface area contributed by atoms with Gasteiger partial charge in [-0.05, 0) is 26.0 Å². The summed E-state index contributed by atoms with van der Waals surface area (Å²) in [6, 6.07) is 0. The van der Waals surface area contributed by atoms with Gasteiger partial charge in [0.25, 0.3) is 0 Å². The number of aliphatic hydroxyl groups excluding tert-OH is 1. The van der Waals surface area contributed by atoms with Gasteiger partial charge in [-0.15, -0.1) is 0 Å². The molecule has 0 amide bonds. The summed E-state index contributed by atoms with van der Waals surface area (Å²) in [6.45, 7) is 5.72. The molecule has 3 nitrogen and oxygen atoms in total. The summed E-state index contributed by atoms with van der Waals surface area (Å²) in [7, 11) is 0. The third-order valence-corrected chi connectivity index (χ3v) is 4.03. The Bertz CT molecular complexity index is 207. The van der Waals surface area contributed by atoms with Gasteiger partial charge >= 0.3 is 5.97 Å². The van der Waals surface area contributed by atoms with Gasteiger partial charge in [0.2, 0.25) is 0 Å². The Morgan fingerprint density at radius 2 is 2.19 bits per heavy atom. The standard InChI is InChI=1S/C11H22O3S2/c1-4-11(2,3)10(13)14-7-9(12)8-16-6-5-15/h9,12,15H,4-8H2,1-3H3. The monoisotopic (exact) mass is 266 g/mol. The summed E-state index contributed by atoms with van der Waals surface area (Å²) in [4.78, 5) is 11.6. The first-order valence-electron chi connectivity index (χ1n) is 5.48. The Labute approximate surface area is 108 Å². The summed E-state index contributed by atoms with van der Waals surface area (Å²) in [5.41, 5.74) is -0.460. The van der Waals surface area contributed by atoms with Crippen LogP contribution in [0.1, 0.15) is 27.2 Å². The Hall–Kier alpha value is 0.130. The molecular formula is C11H22O3S2. The Kier molecular flexibility index (Phi) is 8.32. The molecule has 5 heteroatoms.